The fourth-order valence-electron chi connectivity index (χ4n) is 4.10. The third kappa shape index (κ3) is 5.90. The number of benzene rings is 1. The average Bonchev–Trinajstić information content (AvgIpc) is 3.38. The lowest BCUT2D eigenvalue weighted by molar-refractivity contribution is -0.159. The van der Waals surface area contributed by atoms with Crippen LogP contribution in [-0.2, 0) is 10.9 Å². The van der Waals surface area contributed by atoms with Crippen molar-refractivity contribution >= 4 is 11.9 Å². The van der Waals surface area contributed by atoms with Gasteiger partial charge in [0, 0.05) is 43.9 Å². The van der Waals surface area contributed by atoms with Gasteiger partial charge in [-0.3, -0.25) is 4.79 Å². The molecule has 3 heterocycles. The SMILES string of the molecule is O=C(NC[C@H]1COCCN1C(=O)N1CCC(CO)CC1)c1ccc(-c2noc(C(F)(F)F)n2)cc1. The van der Waals surface area contributed by atoms with Crippen LogP contribution in [0.25, 0.3) is 11.4 Å². The Morgan fingerprint density at radius 1 is 1.14 bits per heavy atom. The van der Waals surface area contributed by atoms with Crippen LogP contribution in [0.2, 0.25) is 0 Å². The number of hydrogen-bond acceptors (Lipinski definition) is 7. The maximum absolute atomic E-state index is 13.0. The van der Waals surface area contributed by atoms with Gasteiger partial charge >= 0.3 is 18.1 Å². The Kier molecular flexibility index (Phi) is 7.55. The van der Waals surface area contributed by atoms with Gasteiger partial charge in [0.15, 0.2) is 0 Å². The number of ether oxygens (including phenoxy) is 1. The number of aromatic nitrogens is 2. The van der Waals surface area contributed by atoms with Gasteiger partial charge in [-0.1, -0.05) is 17.3 Å². The van der Waals surface area contributed by atoms with Crippen LogP contribution in [0.3, 0.4) is 0 Å². The van der Waals surface area contributed by atoms with Gasteiger partial charge in [0.2, 0.25) is 5.82 Å². The number of likely N-dealkylation sites (tertiary alicyclic amines) is 1. The van der Waals surface area contributed by atoms with Crippen molar-refractivity contribution in [1.29, 1.82) is 0 Å². The van der Waals surface area contributed by atoms with E-state index < -0.39 is 18.0 Å². The molecule has 2 saturated heterocycles. The first-order valence-corrected chi connectivity index (χ1v) is 11.3. The van der Waals surface area contributed by atoms with Crippen molar-refractivity contribution in [3.8, 4) is 11.4 Å². The number of hydrogen-bond donors (Lipinski definition) is 2. The van der Waals surface area contributed by atoms with E-state index in [-0.39, 0.29) is 54.7 Å². The Morgan fingerprint density at radius 3 is 2.49 bits per heavy atom. The molecule has 35 heavy (non-hydrogen) atoms. The van der Waals surface area contributed by atoms with Gasteiger partial charge in [0.25, 0.3) is 5.91 Å². The molecule has 0 saturated carbocycles. The van der Waals surface area contributed by atoms with Gasteiger partial charge in [-0.25, -0.2) is 4.79 Å². The molecule has 1 atom stereocenters. The minimum Gasteiger partial charge on any atom is -0.396 e. The van der Waals surface area contributed by atoms with E-state index in [2.05, 4.69) is 20.0 Å². The number of urea groups is 1. The van der Waals surface area contributed by atoms with Crippen molar-refractivity contribution < 1.29 is 37.1 Å². The van der Waals surface area contributed by atoms with Crippen LogP contribution in [0.15, 0.2) is 28.8 Å². The molecule has 10 nitrogen and oxygen atoms in total. The molecule has 0 unspecified atom stereocenters. The van der Waals surface area contributed by atoms with Crippen LogP contribution in [0.1, 0.15) is 29.1 Å². The molecule has 0 radical (unpaired) electrons. The number of piperidine rings is 1. The summed E-state index contributed by atoms with van der Waals surface area (Å²) in [5.41, 5.74) is 0.553. The van der Waals surface area contributed by atoms with E-state index in [1.165, 1.54) is 24.3 Å². The van der Waals surface area contributed by atoms with Crippen LogP contribution < -0.4 is 5.32 Å². The van der Waals surface area contributed by atoms with Crippen molar-refractivity contribution in [2.75, 3.05) is 46.0 Å². The molecule has 0 bridgehead atoms. The summed E-state index contributed by atoms with van der Waals surface area (Å²) in [6, 6.07) is 5.30. The second kappa shape index (κ2) is 10.6. The summed E-state index contributed by atoms with van der Waals surface area (Å²) in [5, 5.41) is 15.4. The molecular weight excluding hydrogens is 471 g/mol. The Hall–Kier alpha value is -3.19. The molecule has 3 amide bonds. The highest BCUT2D eigenvalue weighted by Gasteiger charge is 2.38. The first-order chi connectivity index (χ1) is 16.8. The van der Waals surface area contributed by atoms with Gasteiger partial charge in [-0.05, 0) is 30.9 Å². The van der Waals surface area contributed by atoms with Crippen LogP contribution in [0.5, 0.6) is 0 Å². The molecule has 1 aromatic carbocycles. The maximum atomic E-state index is 13.0. The number of morpholine rings is 1. The third-order valence-electron chi connectivity index (χ3n) is 6.19. The number of nitrogens with one attached hydrogen (secondary N) is 1. The predicted molar refractivity (Wildman–Crippen MR) is 115 cm³/mol. The monoisotopic (exact) mass is 497 g/mol. The number of aliphatic hydroxyl groups is 1. The largest absolute Gasteiger partial charge is 0.471 e. The Bertz CT molecular complexity index is 1020. The lowest BCUT2D eigenvalue weighted by Crippen LogP contribution is -2.58. The Labute approximate surface area is 199 Å². The van der Waals surface area contributed by atoms with E-state index >= 15 is 0 Å². The van der Waals surface area contributed by atoms with Crippen LogP contribution in [-0.4, -0.2) is 89.0 Å². The smallest absolute Gasteiger partial charge is 0.396 e. The van der Waals surface area contributed by atoms with Crippen molar-refractivity contribution in [3.63, 3.8) is 0 Å². The minimum atomic E-state index is -4.74. The second-order valence-corrected chi connectivity index (χ2v) is 8.53. The van der Waals surface area contributed by atoms with Crippen molar-refractivity contribution in [2.24, 2.45) is 5.92 Å². The highest BCUT2D eigenvalue weighted by molar-refractivity contribution is 5.94. The highest BCUT2D eigenvalue weighted by Crippen LogP contribution is 2.29. The van der Waals surface area contributed by atoms with Crippen LogP contribution in [0.4, 0.5) is 18.0 Å². The molecule has 2 aromatic rings. The van der Waals surface area contributed by atoms with Crippen LogP contribution >= 0.6 is 0 Å². The Balaban J connectivity index is 1.33. The van der Waals surface area contributed by atoms with Crippen molar-refractivity contribution in [3.05, 3.63) is 35.7 Å². The topological polar surface area (TPSA) is 121 Å². The summed E-state index contributed by atoms with van der Waals surface area (Å²) < 4.78 is 47.7. The van der Waals surface area contributed by atoms with Gasteiger partial charge in [0.05, 0.1) is 19.3 Å². The summed E-state index contributed by atoms with van der Waals surface area (Å²) in [7, 11) is 0. The summed E-state index contributed by atoms with van der Waals surface area (Å²) in [4.78, 5) is 32.5. The molecule has 0 spiro atoms. The number of alkyl halides is 3. The molecular formula is C22H26F3N5O5. The number of halogens is 3. The van der Waals surface area contributed by atoms with Crippen molar-refractivity contribution in [1.82, 2.24) is 25.3 Å². The number of amides is 3. The normalized spacial score (nSPS) is 19.6. The van der Waals surface area contributed by atoms with Gasteiger partial charge in [-0.2, -0.15) is 18.2 Å². The molecule has 190 valence electrons. The molecule has 2 fully saturated rings. The first kappa shape index (κ1) is 24.9. The summed E-state index contributed by atoms with van der Waals surface area (Å²) in [6.45, 7) is 2.58. The Morgan fingerprint density at radius 2 is 1.86 bits per heavy atom. The van der Waals surface area contributed by atoms with E-state index in [1.54, 1.807) is 9.80 Å². The fourth-order valence-corrected chi connectivity index (χ4v) is 4.10. The molecule has 2 aliphatic heterocycles. The highest BCUT2D eigenvalue weighted by atomic mass is 19.4. The summed E-state index contributed by atoms with van der Waals surface area (Å²) >= 11 is 0. The minimum absolute atomic E-state index is 0.105. The van der Waals surface area contributed by atoms with E-state index in [9.17, 15) is 27.9 Å². The molecule has 2 N–H and O–H groups in total. The molecule has 0 aliphatic carbocycles. The number of carbonyl (C=O) groups excluding carboxylic acids is 2. The van der Waals surface area contributed by atoms with Gasteiger partial charge < -0.3 is 29.5 Å². The van der Waals surface area contributed by atoms with Crippen molar-refractivity contribution in [2.45, 2.75) is 25.1 Å². The fraction of sp³-hybridized carbons (Fsp3) is 0.545. The molecule has 13 heteroatoms. The molecule has 1 aromatic heterocycles. The maximum Gasteiger partial charge on any atom is 0.471 e. The van der Waals surface area contributed by atoms with Crippen LogP contribution in [0, 0.1) is 5.92 Å². The van der Waals surface area contributed by atoms with Gasteiger partial charge in [-0.15, -0.1) is 0 Å². The average molecular weight is 497 g/mol. The zero-order valence-electron chi connectivity index (χ0n) is 18.8. The zero-order chi connectivity index (χ0) is 25.0. The number of aliphatic hydroxyl groups excluding tert-OH is 1. The number of nitrogens with zero attached hydrogens (tertiary/aromatic N) is 4. The lowest BCUT2D eigenvalue weighted by atomic mass is 9.98. The quantitative estimate of drug-likeness (QED) is 0.648. The van der Waals surface area contributed by atoms with E-state index in [0.29, 0.717) is 26.2 Å². The van der Waals surface area contributed by atoms with E-state index in [0.717, 1.165) is 12.8 Å². The third-order valence-corrected chi connectivity index (χ3v) is 6.19. The number of carbonyl (C=O) groups is 2. The first-order valence-electron chi connectivity index (χ1n) is 11.3. The molecule has 4 rings (SSSR count). The van der Waals surface area contributed by atoms with E-state index in [1.807, 2.05) is 0 Å². The molecule has 2 aliphatic rings. The predicted octanol–water partition coefficient (Wildman–Crippen LogP) is 2.01. The number of rotatable bonds is 5. The summed E-state index contributed by atoms with van der Waals surface area (Å²) in [5.74, 6) is -1.86. The summed E-state index contributed by atoms with van der Waals surface area (Å²) in [6.07, 6.45) is -3.23. The van der Waals surface area contributed by atoms with Gasteiger partial charge in [0.1, 0.15) is 0 Å². The van der Waals surface area contributed by atoms with E-state index in [4.69, 9.17) is 4.74 Å². The second-order valence-electron chi connectivity index (χ2n) is 8.53. The lowest BCUT2D eigenvalue weighted by Gasteiger charge is -2.40. The zero-order valence-corrected chi connectivity index (χ0v) is 18.8. The standard InChI is InChI=1S/C22H26F3N5O5/c23-22(24,25)20-27-18(28-35-20)15-1-3-16(4-2-15)19(32)26-11-17-13-34-10-9-30(17)21(33)29-7-5-14(12-31)6-8-29/h1-4,14,17,31H,5-13H2,(H,26,32)/t17-/m0/s1.